The summed E-state index contributed by atoms with van der Waals surface area (Å²) in [6, 6.07) is 3.44. The van der Waals surface area contributed by atoms with E-state index in [1.165, 1.54) is 4.57 Å². The van der Waals surface area contributed by atoms with Crippen LogP contribution in [0.3, 0.4) is 0 Å². The Morgan fingerprint density at radius 2 is 1.40 bits per heavy atom. The Hall–Kier alpha value is -0.896. The molecule has 0 radical (unpaired) electrons. The lowest BCUT2D eigenvalue weighted by Gasteiger charge is -2.26. The summed E-state index contributed by atoms with van der Waals surface area (Å²) in [5.74, 6) is 0. The van der Waals surface area contributed by atoms with E-state index in [0.29, 0.717) is 10.6 Å². The lowest BCUT2D eigenvalue weighted by Crippen LogP contribution is -2.56. The monoisotopic (exact) mass is 315 g/mol. The minimum Gasteiger partial charge on any atom is -0.443 e. The molecule has 1 heterocycles. The standard InChI is InChI=1S/C13H25NO4Si2/c1-13(2,3)18-12(15)14-10(19(4,5)16)8-9-11(14)20(6,7)17/h8-9,16-17H,1-7H3. The molecule has 0 saturated heterocycles. The first kappa shape index (κ1) is 17.2. The predicted molar refractivity (Wildman–Crippen MR) is 84.7 cm³/mol. The van der Waals surface area contributed by atoms with Crippen molar-refractivity contribution < 1.29 is 19.1 Å². The SMILES string of the molecule is CC(C)(C)OC(=O)n1c([Si](C)(C)O)ccc1[Si](C)(C)O. The molecule has 1 aromatic heterocycles. The lowest BCUT2D eigenvalue weighted by molar-refractivity contribution is 0.0545. The molecule has 1 rings (SSSR count). The molecule has 1 aromatic rings. The van der Waals surface area contributed by atoms with Crippen molar-refractivity contribution in [2.45, 2.75) is 52.6 Å². The minimum atomic E-state index is -2.70. The van der Waals surface area contributed by atoms with Gasteiger partial charge in [0.05, 0.1) is 0 Å². The van der Waals surface area contributed by atoms with Gasteiger partial charge < -0.3 is 14.3 Å². The van der Waals surface area contributed by atoms with Crippen LogP contribution in [0.5, 0.6) is 0 Å². The van der Waals surface area contributed by atoms with Gasteiger partial charge in [0.2, 0.25) is 16.6 Å². The summed E-state index contributed by atoms with van der Waals surface area (Å²) >= 11 is 0. The number of hydrogen-bond donors (Lipinski definition) is 2. The molecule has 0 aliphatic carbocycles. The van der Waals surface area contributed by atoms with Gasteiger partial charge in [-0.25, -0.2) is 4.79 Å². The van der Waals surface area contributed by atoms with E-state index in [4.69, 9.17) is 4.74 Å². The molecule has 20 heavy (non-hydrogen) atoms. The van der Waals surface area contributed by atoms with Gasteiger partial charge in [-0.15, -0.1) is 0 Å². The molecule has 0 fully saturated rings. The molecule has 0 bridgehead atoms. The van der Waals surface area contributed by atoms with Gasteiger partial charge in [0.1, 0.15) is 5.60 Å². The zero-order chi connectivity index (χ0) is 15.9. The quantitative estimate of drug-likeness (QED) is 0.801. The average molecular weight is 316 g/mol. The number of rotatable bonds is 2. The zero-order valence-electron chi connectivity index (χ0n) is 13.3. The Morgan fingerprint density at radius 1 is 1.05 bits per heavy atom. The third-order valence-electron chi connectivity index (χ3n) is 2.71. The highest BCUT2D eigenvalue weighted by atomic mass is 28.4. The molecule has 114 valence electrons. The van der Waals surface area contributed by atoms with Crippen LogP contribution >= 0.6 is 0 Å². The molecule has 0 aromatic carbocycles. The Morgan fingerprint density at radius 3 is 1.65 bits per heavy atom. The molecule has 5 nitrogen and oxygen atoms in total. The van der Waals surface area contributed by atoms with Crippen molar-refractivity contribution >= 4 is 33.4 Å². The van der Waals surface area contributed by atoms with Gasteiger partial charge in [0, 0.05) is 10.6 Å². The zero-order valence-corrected chi connectivity index (χ0v) is 15.3. The van der Waals surface area contributed by atoms with Crippen molar-refractivity contribution in [2.24, 2.45) is 0 Å². The third-order valence-corrected chi connectivity index (χ3v) is 6.00. The third kappa shape index (κ3) is 4.05. The van der Waals surface area contributed by atoms with Crippen molar-refractivity contribution in [1.29, 1.82) is 0 Å². The summed E-state index contributed by atoms with van der Waals surface area (Å²) < 4.78 is 6.76. The van der Waals surface area contributed by atoms with Crippen molar-refractivity contribution in [3.63, 3.8) is 0 Å². The Labute approximate surface area is 122 Å². The summed E-state index contributed by atoms with van der Waals surface area (Å²) in [6.45, 7) is 12.3. The predicted octanol–water partition coefficient (Wildman–Crippen LogP) is 1.08. The number of aromatic nitrogens is 1. The minimum absolute atomic E-state index is 0.545. The van der Waals surface area contributed by atoms with Crippen LogP contribution in [0.2, 0.25) is 26.2 Å². The van der Waals surface area contributed by atoms with Crippen molar-refractivity contribution in [1.82, 2.24) is 4.57 Å². The van der Waals surface area contributed by atoms with Crippen LogP contribution in [0.1, 0.15) is 20.8 Å². The van der Waals surface area contributed by atoms with E-state index in [1.807, 2.05) is 0 Å². The molecule has 0 spiro atoms. The van der Waals surface area contributed by atoms with Crippen LogP contribution in [0, 0.1) is 0 Å². The molecule has 0 saturated carbocycles. The average Bonchev–Trinajstić information content (AvgIpc) is 2.56. The fraction of sp³-hybridized carbons (Fsp3) is 0.615. The highest BCUT2D eigenvalue weighted by Gasteiger charge is 2.35. The lowest BCUT2D eigenvalue weighted by atomic mass is 10.2. The maximum atomic E-state index is 12.4. The molecular formula is C13H25NO4Si2. The normalized spacial score (nSPS) is 13.4. The number of nitrogens with zero attached hydrogens (tertiary/aromatic N) is 1. The maximum Gasteiger partial charge on any atom is 0.418 e. The van der Waals surface area contributed by atoms with Gasteiger partial charge in [0.25, 0.3) is 0 Å². The fourth-order valence-corrected chi connectivity index (χ4v) is 4.51. The van der Waals surface area contributed by atoms with Crippen LogP contribution in [-0.4, -0.2) is 42.5 Å². The Balaban J connectivity index is 3.40. The highest BCUT2D eigenvalue weighted by Crippen LogP contribution is 2.11. The molecule has 0 aliphatic rings. The highest BCUT2D eigenvalue weighted by molar-refractivity contribution is 6.86. The van der Waals surface area contributed by atoms with Crippen LogP contribution < -0.4 is 10.6 Å². The first-order chi connectivity index (χ1) is 8.73. The van der Waals surface area contributed by atoms with Gasteiger partial charge in [-0.05, 0) is 59.1 Å². The number of carbonyl (C=O) groups is 1. The number of carbonyl (C=O) groups excluding carboxylic acids is 1. The van der Waals surface area contributed by atoms with E-state index in [2.05, 4.69) is 0 Å². The van der Waals surface area contributed by atoms with Gasteiger partial charge in [-0.3, -0.25) is 4.57 Å². The summed E-state index contributed by atoms with van der Waals surface area (Å²) in [6.07, 6.45) is -0.545. The van der Waals surface area contributed by atoms with E-state index in [9.17, 15) is 14.4 Å². The summed E-state index contributed by atoms with van der Waals surface area (Å²) in [5, 5.41) is 1.10. The molecule has 7 heteroatoms. The van der Waals surface area contributed by atoms with Crippen molar-refractivity contribution in [3.05, 3.63) is 12.1 Å². The molecular weight excluding hydrogens is 290 g/mol. The fourth-order valence-electron chi connectivity index (χ4n) is 1.90. The van der Waals surface area contributed by atoms with Crippen LogP contribution in [0.25, 0.3) is 0 Å². The van der Waals surface area contributed by atoms with Gasteiger partial charge >= 0.3 is 6.09 Å². The summed E-state index contributed by atoms with van der Waals surface area (Å²) in [4.78, 5) is 33.1. The Kier molecular flexibility index (Phi) is 4.41. The Bertz CT molecular complexity index is 472. The van der Waals surface area contributed by atoms with Gasteiger partial charge in [-0.2, -0.15) is 0 Å². The smallest absolute Gasteiger partial charge is 0.418 e. The van der Waals surface area contributed by atoms with Crippen molar-refractivity contribution in [3.8, 4) is 0 Å². The van der Waals surface area contributed by atoms with E-state index in [0.717, 1.165) is 0 Å². The second-order valence-electron chi connectivity index (χ2n) is 7.04. The number of hydrogen-bond acceptors (Lipinski definition) is 4. The molecule has 2 N–H and O–H groups in total. The van der Waals surface area contributed by atoms with Crippen LogP contribution in [0.4, 0.5) is 4.79 Å². The van der Waals surface area contributed by atoms with Gasteiger partial charge in [0.15, 0.2) is 0 Å². The summed E-state index contributed by atoms with van der Waals surface area (Å²) in [7, 11) is -5.40. The van der Waals surface area contributed by atoms with E-state index in [1.54, 1.807) is 59.1 Å². The molecule has 0 aliphatic heterocycles. The topological polar surface area (TPSA) is 71.7 Å². The first-order valence-electron chi connectivity index (χ1n) is 6.64. The first-order valence-corrected chi connectivity index (χ1v) is 12.5. The molecule has 0 unspecified atom stereocenters. The van der Waals surface area contributed by atoms with E-state index >= 15 is 0 Å². The van der Waals surface area contributed by atoms with E-state index < -0.39 is 28.3 Å². The second-order valence-corrected chi connectivity index (χ2v) is 14.3. The van der Waals surface area contributed by atoms with Crippen molar-refractivity contribution in [2.75, 3.05) is 0 Å². The largest absolute Gasteiger partial charge is 0.443 e. The van der Waals surface area contributed by atoms with E-state index in [-0.39, 0.29) is 0 Å². The second kappa shape index (κ2) is 5.14. The molecule has 0 atom stereocenters. The van der Waals surface area contributed by atoms with Gasteiger partial charge in [-0.1, -0.05) is 0 Å². The van der Waals surface area contributed by atoms with Crippen LogP contribution in [-0.2, 0) is 4.74 Å². The maximum absolute atomic E-state index is 12.4. The summed E-state index contributed by atoms with van der Waals surface area (Å²) in [5.41, 5.74) is -0.627. The molecule has 0 amide bonds. The number of ether oxygens (including phenoxy) is 1. The van der Waals surface area contributed by atoms with Crippen LogP contribution in [0.15, 0.2) is 12.1 Å².